The van der Waals surface area contributed by atoms with Crippen LogP contribution in [0, 0.1) is 23.7 Å². The molecular formula is C30H45I. The summed E-state index contributed by atoms with van der Waals surface area (Å²) in [6.07, 6.45) is 19.9. The van der Waals surface area contributed by atoms with Crippen molar-refractivity contribution in [1.29, 1.82) is 0 Å². The Bertz CT molecular complexity index is 698. The molecule has 1 aromatic rings. The monoisotopic (exact) mass is 532 g/mol. The second-order valence-corrected chi connectivity index (χ2v) is 13.3. The maximum absolute atomic E-state index is 4.56. The summed E-state index contributed by atoms with van der Waals surface area (Å²) >= 11 is -0.0594. The summed E-state index contributed by atoms with van der Waals surface area (Å²) < 4.78 is 5.06. The highest BCUT2D eigenvalue weighted by molar-refractivity contribution is 14.2. The second kappa shape index (κ2) is 11.6. The van der Waals surface area contributed by atoms with Crippen LogP contribution in [-0.4, -0.2) is 4.51 Å². The number of allylic oxidation sites excluding steroid dienone is 1. The van der Waals surface area contributed by atoms with Crippen LogP contribution in [-0.2, 0) is 0 Å². The van der Waals surface area contributed by atoms with Gasteiger partial charge in [0.2, 0.25) is 0 Å². The Kier molecular flexibility index (Phi) is 8.88. The van der Waals surface area contributed by atoms with Crippen molar-refractivity contribution in [2.24, 2.45) is 23.7 Å². The van der Waals surface area contributed by atoms with Crippen LogP contribution in [0.15, 0.2) is 36.4 Å². The molecule has 172 valence electrons. The highest BCUT2D eigenvalue weighted by atomic mass is 127. The third-order valence-corrected chi connectivity index (χ3v) is 11.1. The van der Waals surface area contributed by atoms with E-state index in [0.717, 1.165) is 29.6 Å². The van der Waals surface area contributed by atoms with Gasteiger partial charge in [-0.05, 0) is 92.1 Å². The first-order valence-corrected chi connectivity index (χ1v) is 16.1. The summed E-state index contributed by atoms with van der Waals surface area (Å²) in [5.41, 5.74) is 4.62. The van der Waals surface area contributed by atoms with Crippen molar-refractivity contribution < 1.29 is 0 Å². The zero-order valence-electron chi connectivity index (χ0n) is 20.0. The predicted octanol–water partition coefficient (Wildman–Crippen LogP) is 9.76. The van der Waals surface area contributed by atoms with Crippen LogP contribution < -0.4 is 0 Å². The zero-order valence-corrected chi connectivity index (χ0v) is 22.1. The lowest BCUT2D eigenvalue weighted by Crippen LogP contribution is -2.18. The molecule has 3 fully saturated rings. The van der Waals surface area contributed by atoms with Crippen molar-refractivity contribution in [3.8, 4) is 0 Å². The molecule has 0 radical (unpaired) electrons. The highest BCUT2D eigenvalue weighted by Gasteiger charge is 2.34. The number of hydrogen-bond acceptors (Lipinski definition) is 0. The van der Waals surface area contributed by atoms with Gasteiger partial charge in [0.1, 0.15) is 0 Å². The van der Waals surface area contributed by atoms with Crippen LogP contribution in [0.5, 0.6) is 0 Å². The molecule has 0 spiro atoms. The van der Waals surface area contributed by atoms with Crippen molar-refractivity contribution in [2.75, 3.05) is 0 Å². The van der Waals surface area contributed by atoms with Gasteiger partial charge in [0, 0.05) is 3.92 Å². The fraction of sp³-hybridized carbons (Fsp3) is 0.700. The van der Waals surface area contributed by atoms with E-state index in [1.807, 2.05) is 0 Å². The molecule has 4 rings (SSSR count). The van der Waals surface area contributed by atoms with E-state index in [-0.39, 0.29) is 20.7 Å². The summed E-state index contributed by atoms with van der Waals surface area (Å²) in [7, 11) is 0. The lowest BCUT2D eigenvalue weighted by Gasteiger charge is -2.30. The molecule has 0 N–H and O–H groups in total. The van der Waals surface area contributed by atoms with Gasteiger partial charge in [-0.1, -0.05) is 86.4 Å². The normalized spacial score (nSPS) is 27.0. The largest absolute Gasteiger partial charge is 0.122 e. The molecule has 1 aromatic carbocycles. The molecule has 0 heterocycles. The molecule has 3 saturated carbocycles. The molecule has 1 heteroatoms. The topological polar surface area (TPSA) is 0 Å². The Morgan fingerprint density at radius 1 is 0.871 bits per heavy atom. The second-order valence-electron chi connectivity index (χ2n) is 11.0. The van der Waals surface area contributed by atoms with Gasteiger partial charge in [0.25, 0.3) is 0 Å². The number of halogens is 1. The molecular weight excluding hydrogens is 487 g/mol. The molecule has 0 nitrogen and oxygen atoms in total. The fourth-order valence-electron chi connectivity index (χ4n) is 6.69. The Hall–Kier alpha value is -0.440. The number of rotatable bonds is 10. The van der Waals surface area contributed by atoms with Crippen molar-refractivity contribution >= 4 is 25.2 Å². The number of hydrogen-bond donors (Lipinski definition) is 0. The van der Waals surface area contributed by atoms with Crippen molar-refractivity contribution in [3.05, 3.63) is 47.5 Å². The zero-order chi connectivity index (χ0) is 21.6. The summed E-state index contributed by atoms with van der Waals surface area (Å²) in [6.45, 7) is 6.96. The third-order valence-electron chi connectivity index (χ3n) is 8.88. The first-order chi connectivity index (χ1) is 15.2. The van der Waals surface area contributed by atoms with Crippen LogP contribution in [0.2, 0.25) is 0 Å². The first kappa shape index (κ1) is 23.7. The van der Waals surface area contributed by atoms with Gasteiger partial charge in [-0.2, -0.15) is 0 Å². The molecule has 3 aliphatic rings. The van der Waals surface area contributed by atoms with E-state index in [0.29, 0.717) is 3.92 Å². The first-order valence-electron chi connectivity index (χ1n) is 13.3. The van der Waals surface area contributed by atoms with Crippen molar-refractivity contribution in [3.63, 3.8) is 0 Å². The Morgan fingerprint density at radius 3 is 2.03 bits per heavy atom. The standard InChI is InChI=1S/C30H45I/c1-4-23(24-8-6-5-7-9-24)20-22(2)21-30(31-3)29-18-16-28(17-19-29)27-14-12-26(13-15-27)25-10-11-25/h16-19,23-27,30H,2-15,20-21H2,1H3. The summed E-state index contributed by atoms with van der Waals surface area (Å²) in [6, 6.07) is 9.82. The fourth-order valence-corrected chi connectivity index (χ4v) is 8.55. The predicted molar refractivity (Wildman–Crippen MR) is 146 cm³/mol. The van der Waals surface area contributed by atoms with Gasteiger partial charge >= 0.3 is 0 Å². The van der Waals surface area contributed by atoms with Gasteiger partial charge in [-0.25, -0.2) is 0 Å². The summed E-state index contributed by atoms with van der Waals surface area (Å²) in [4.78, 5) is 0. The Balaban J connectivity index is 1.29. The van der Waals surface area contributed by atoms with Crippen LogP contribution in [0.4, 0.5) is 0 Å². The minimum atomic E-state index is -0.0594. The number of alkyl halides is 1. The lowest BCUT2D eigenvalue weighted by molar-refractivity contribution is 0.239. The van der Waals surface area contributed by atoms with Gasteiger partial charge in [-0.3, -0.25) is 0 Å². The molecule has 2 unspecified atom stereocenters. The smallest absolute Gasteiger partial charge is 0.0343 e. The van der Waals surface area contributed by atoms with E-state index >= 15 is 0 Å². The average molecular weight is 533 g/mol. The molecule has 0 aromatic heterocycles. The minimum Gasteiger partial charge on any atom is -0.122 e. The summed E-state index contributed by atoms with van der Waals surface area (Å²) in [5, 5.41) is 0. The quantitative estimate of drug-likeness (QED) is 0.160. The number of benzene rings is 1. The SMILES string of the molecule is C=IC(CC(=C)CC(CC)C1CCCCC1)c1ccc(C2CCC(C3CC3)CC2)cc1. The van der Waals surface area contributed by atoms with Gasteiger partial charge < -0.3 is 0 Å². The molecule has 0 bridgehead atoms. The Morgan fingerprint density at radius 2 is 1.48 bits per heavy atom. The molecule has 3 aliphatic carbocycles. The third kappa shape index (κ3) is 6.55. The van der Waals surface area contributed by atoms with E-state index in [1.54, 1.807) is 5.56 Å². The van der Waals surface area contributed by atoms with E-state index in [9.17, 15) is 0 Å². The van der Waals surface area contributed by atoms with E-state index in [4.69, 9.17) is 0 Å². The maximum atomic E-state index is 4.56. The summed E-state index contributed by atoms with van der Waals surface area (Å²) in [5.74, 6) is 4.79. The molecule has 0 saturated heterocycles. The van der Waals surface area contributed by atoms with Crippen molar-refractivity contribution in [2.45, 2.75) is 107 Å². The molecule has 0 aliphatic heterocycles. The lowest BCUT2D eigenvalue weighted by atomic mass is 9.76. The van der Waals surface area contributed by atoms with Gasteiger partial charge in [0.15, 0.2) is 0 Å². The maximum Gasteiger partial charge on any atom is 0.0343 e. The van der Waals surface area contributed by atoms with E-state index < -0.39 is 0 Å². The molecule has 31 heavy (non-hydrogen) atoms. The van der Waals surface area contributed by atoms with Crippen LogP contribution in [0.25, 0.3) is 0 Å². The van der Waals surface area contributed by atoms with Crippen LogP contribution in [0.1, 0.15) is 118 Å². The van der Waals surface area contributed by atoms with Crippen molar-refractivity contribution in [1.82, 2.24) is 0 Å². The van der Waals surface area contributed by atoms with E-state index in [2.05, 4.69) is 42.3 Å². The van der Waals surface area contributed by atoms with Crippen LogP contribution >= 0.6 is 20.7 Å². The van der Waals surface area contributed by atoms with Gasteiger partial charge in [0.05, 0.1) is 0 Å². The van der Waals surface area contributed by atoms with E-state index in [1.165, 1.54) is 101 Å². The molecule has 2 atom stereocenters. The van der Waals surface area contributed by atoms with Crippen LogP contribution in [0.3, 0.4) is 0 Å². The highest BCUT2D eigenvalue weighted by Crippen LogP contribution is 2.47. The Labute approximate surface area is 202 Å². The average Bonchev–Trinajstić information content (AvgIpc) is 3.67. The minimum absolute atomic E-state index is 0.0594. The van der Waals surface area contributed by atoms with Gasteiger partial charge in [-0.15, -0.1) is 20.7 Å². The molecule has 0 amide bonds.